The van der Waals surface area contributed by atoms with Crippen molar-refractivity contribution in [1.29, 1.82) is 0 Å². The van der Waals surface area contributed by atoms with Crippen molar-refractivity contribution < 1.29 is 0 Å². The van der Waals surface area contributed by atoms with Gasteiger partial charge < -0.3 is 4.90 Å². The molecule has 0 aromatic carbocycles. The molecule has 0 N–H and O–H groups in total. The van der Waals surface area contributed by atoms with Crippen molar-refractivity contribution >= 4 is 0 Å². The number of piperidine rings is 1. The normalized spacial score (nSPS) is 20.8. The smallest absolute Gasteiger partial charge is 0.00159 e. The second kappa shape index (κ2) is 3.90. The Morgan fingerprint density at radius 2 is 1.75 bits per heavy atom. The summed E-state index contributed by atoms with van der Waals surface area (Å²) in [6, 6.07) is 0. The summed E-state index contributed by atoms with van der Waals surface area (Å²) in [5.41, 5.74) is 2.42. The zero-order valence-electron chi connectivity index (χ0n) is 8.27. The summed E-state index contributed by atoms with van der Waals surface area (Å²) in [5, 5.41) is 0. The highest BCUT2D eigenvalue weighted by Gasteiger charge is 2.18. The molecule has 0 aromatic rings. The molecule has 1 aliphatic heterocycles. The molecule has 0 amide bonds. The van der Waals surface area contributed by atoms with E-state index in [-0.39, 0.29) is 0 Å². The fourth-order valence-electron chi connectivity index (χ4n) is 1.71. The maximum atomic E-state index is 4.08. The van der Waals surface area contributed by atoms with Crippen molar-refractivity contribution in [2.24, 2.45) is 5.92 Å². The quantitative estimate of drug-likeness (QED) is 0.568. The van der Waals surface area contributed by atoms with E-state index in [1.165, 1.54) is 31.5 Å². The number of hydrogen-bond acceptors (Lipinski definition) is 1. The van der Waals surface area contributed by atoms with Gasteiger partial charge in [0.2, 0.25) is 0 Å². The molecule has 12 heavy (non-hydrogen) atoms. The standard InChI is InChI=1S/C11H19N/c1-9(2)10(3)11-5-7-12(4)8-6-11/h11H,1,3,5-8H2,2,4H3. The second-order valence-corrected chi connectivity index (χ2v) is 3.88. The van der Waals surface area contributed by atoms with Gasteiger partial charge >= 0.3 is 0 Å². The van der Waals surface area contributed by atoms with E-state index in [4.69, 9.17) is 0 Å². The van der Waals surface area contributed by atoms with Crippen LogP contribution >= 0.6 is 0 Å². The van der Waals surface area contributed by atoms with E-state index in [0.717, 1.165) is 5.57 Å². The van der Waals surface area contributed by atoms with Crippen LogP contribution in [-0.4, -0.2) is 25.0 Å². The van der Waals surface area contributed by atoms with Gasteiger partial charge in [-0.1, -0.05) is 18.7 Å². The first-order valence-electron chi connectivity index (χ1n) is 4.64. The van der Waals surface area contributed by atoms with E-state index >= 15 is 0 Å². The highest BCUT2D eigenvalue weighted by Crippen LogP contribution is 2.26. The van der Waals surface area contributed by atoms with Crippen LogP contribution in [0.2, 0.25) is 0 Å². The molecule has 0 atom stereocenters. The minimum Gasteiger partial charge on any atom is -0.306 e. The van der Waals surface area contributed by atoms with Gasteiger partial charge in [-0.05, 0) is 51.4 Å². The largest absolute Gasteiger partial charge is 0.306 e. The Balaban J connectivity index is 2.44. The first kappa shape index (κ1) is 9.53. The predicted octanol–water partition coefficient (Wildman–Crippen LogP) is 2.46. The van der Waals surface area contributed by atoms with Crippen molar-refractivity contribution in [2.75, 3.05) is 20.1 Å². The Bertz CT molecular complexity index is 185. The third-order valence-corrected chi connectivity index (χ3v) is 2.76. The summed E-state index contributed by atoms with van der Waals surface area (Å²) in [7, 11) is 2.18. The minimum absolute atomic E-state index is 0.693. The first-order valence-corrected chi connectivity index (χ1v) is 4.64. The molecular weight excluding hydrogens is 146 g/mol. The van der Waals surface area contributed by atoms with Crippen LogP contribution in [0.25, 0.3) is 0 Å². The Morgan fingerprint density at radius 1 is 1.25 bits per heavy atom. The van der Waals surface area contributed by atoms with Crippen LogP contribution in [0.1, 0.15) is 19.8 Å². The highest BCUT2D eigenvalue weighted by molar-refractivity contribution is 5.25. The second-order valence-electron chi connectivity index (χ2n) is 3.88. The van der Waals surface area contributed by atoms with E-state index < -0.39 is 0 Å². The SMILES string of the molecule is C=C(C)C(=C)C1CCN(C)CC1. The van der Waals surface area contributed by atoms with Crippen LogP contribution in [0, 0.1) is 5.92 Å². The minimum atomic E-state index is 0.693. The highest BCUT2D eigenvalue weighted by atomic mass is 15.1. The van der Waals surface area contributed by atoms with Crippen LogP contribution in [0.4, 0.5) is 0 Å². The number of likely N-dealkylation sites (tertiary alicyclic amines) is 1. The third-order valence-electron chi connectivity index (χ3n) is 2.76. The van der Waals surface area contributed by atoms with Crippen LogP contribution in [0.15, 0.2) is 24.3 Å². The molecule has 0 bridgehead atoms. The van der Waals surface area contributed by atoms with Crippen LogP contribution in [0.3, 0.4) is 0 Å². The Morgan fingerprint density at radius 3 is 2.17 bits per heavy atom. The average molecular weight is 165 g/mol. The van der Waals surface area contributed by atoms with Gasteiger partial charge in [0.15, 0.2) is 0 Å². The number of rotatable bonds is 2. The number of nitrogens with zero attached hydrogens (tertiary/aromatic N) is 1. The summed E-state index contributed by atoms with van der Waals surface area (Å²) in [6.07, 6.45) is 2.50. The fraction of sp³-hybridized carbons (Fsp3) is 0.636. The Hall–Kier alpha value is -0.560. The molecule has 68 valence electrons. The lowest BCUT2D eigenvalue weighted by molar-refractivity contribution is 0.239. The van der Waals surface area contributed by atoms with E-state index in [1.54, 1.807) is 0 Å². The molecule has 0 radical (unpaired) electrons. The zero-order chi connectivity index (χ0) is 9.14. The van der Waals surface area contributed by atoms with Crippen LogP contribution in [-0.2, 0) is 0 Å². The lowest BCUT2D eigenvalue weighted by atomic mass is 9.87. The van der Waals surface area contributed by atoms with Gasteiger partial charge in [0.25, 0.3) is 0 Å². The molecular formula is C11H19N. The lowest BCUT2D eigenvalue weighted by Crippen LogP contribution is -2.30. The summed E-state index contributed by atoms with van der Waals surface area (Å²) >= 11 is 0. The van der Waals surface area contributed by atoms with E-state index in [9.17, 15) is 0 Å². The topological polar surface area (TPSA) is 3.24 Å². The van der Waals surface area contributed by atoms with Crippen LogP contribution in [0.5, 0.6) is 0 Å². The van der Waals surface area contributed by atoms with Gasteiger partial charge in [-0.3, -0.25) is 0 Å². The summed E-state index contributed by atoms with van der Waals surface area (Å²) in [5.74, 6) is 0.693. The molecule has 0 spiro atoms. The molecule has 0 aromatic heterocycles. The van der Waals surface area contributed by atoms with Crippen LogP contribution < -0.4 is 0 Å². The molecule has 1 nitrogen and oxygen atoms in total. The van der Waals surface area contributed by atoms with Gasteiger partial charge in [0.1, 0.15) is 0 Å². The lowest BCUT2D eigenvalue weighted by Gasteiger charge is -2.30. The van der Waals surface area contributed by atoms with Gasteiger partial charge in [0, 0.05) is 0 Å². The molecule has 1 fully saturated rings. The monoisotopic (exact) mass is 165 g/mol. The van der Waals surface area contributed by atoms with E-state index in [1.807, 2.05) is 0 Å². The summed E-state index contributed by atoms with van der Waals surface area (Å²) < 4.78 is 0. The molecule has 1 heterocycles. The predicted molar refractivity (Wildman–Crippen MR) is 54.2 cm³/mol. The summed E-state index contributed by atoms with van der Waals surface area (Å²) in [6.45, 7) is 12.5. The Labute approximate surface area is 75.8 Å². The number of allylic oxidation sites excluding steroid dienone is 2. The average Bonchev–Trinajstić information content (AvgIpc) is 2.04. The number of hydrogen-bond donors (Lipinski definition) is 0. The van der Waals surface area contributed by atoms with Crippen molar-refractivity contribution in [3.8, 4) is 0 Å². The molecule has 1 saturated heterocycles. The maximum Gasteiger partial charge on any atom is -0.00159 e. The fourth-order valence-corrected chi connectivity index (χ4v) is 1.71. The molecule has 0 aliphatic carbocycles. The van der Waals surface area contributed by atoms with Gasteiger partial charge in [0.05, 0.1) is 0 Å². The van der Waals surface area contributed by atoms with Crippen molar-refractivity contribution in [2.45, 2.75) is 19.8 Å². The first-order chi connectivity index (χ1) is 5.61. The van der Waals surface area contributed by atoms with Gasteiger partial charge in [-0.15, -0.1) is 0 Å². The Kier molecular flexibility index (Phi) is 3.10. The van der Waals surface area contributed by atoms with E-state index in [0.29, 0.717) is 5.92 Å². The molecule has 1 aliphatic rings. The molecule has 0 unspecified atom stereocenters. The van der Waals surface area contributed by atoms with E-state index in [2.05, 4.69) is 32.0 Å². The molecule has 1 heteroatoms. The van der Waals surface area contributed by atoms with Gasteiger partial charge in [-0.25, -0.2) is 0 Å². The summed E-state index contributed by atoms with van der Waals surface area (Å²) in [4.78, 5) is 2.38. The molecule has 0 saturated carbocycles. The van der Waals surface area contributed by atoms with Crippen molar-refractivity contribution in [3.05, 3.63) is 24.3 Å². The molecule has 1 rings (SSSR count). The zero-order valence-corrected chi connectivity index (χ0v) is 8.27. The van der Waals surface area contributed by atoms with Crippen molar-refractivity contribution in [3.63, 3.8) is 0 Å². The third kappa shape index (κ3) is 2.21. The van der Waals surface area contributed by atoms with Crippen molar-refractivity contribution in [1.82, 2.24) is 4.90 Å². The maximum absolute atomic E-state index is 4.08. The van der Waals surface area contributed by atoms with Gasteiger partial charge in [-0.2, -0.15) is 0 Å².